The molecule has 0 aliphatic rings. The van der Waals surface area contributed by atoms with E-state index < -0.39 is 15.9 Å². The molecule has 1 aromatic heterocycles. The molecule has 0 aliphatic carbocycles. The first kappa shape index (κ1) is 17.4. The highest BCUT2D eigenvalue weighted by Crippen LogP contribution is 2.28. The van der Waals surface area contributed by atoms with Gasteiger partial charge in [0.1, 0.15) is 4.21 Å². The van der Waals surface area contributed by atoms with Crippen molar-refractivity contribution < 1.29 is 18.0 Å². The number of hydroxylamine groups is 2. The van der Waals surface area contributed by atoms with Crippen molar-refractivity contribution in [3.05, 3.63) is 59.5 Å². The molecule has 0 saturated carbocycles. The number of thiophene rings is 1. The molecule has 0 saturated heterocycles. The van der Waals surface area contributed by atoms with Gasteiger partial charge in [0, 0.05) is 7.05 Å². The third kappa shape index (κ3) is 3.51. The molecule has 0 atom stereocenters. The predicted molar refractivity (Wildman–Crippen MR) is 98.2 cm³/mol. The van der Waals surface area contributed by atoms with Crippen molar-refractivity contribution in [2.24, 2.45) is 0 Å². The highest BCUT2D eigenvalue weighted by atomic mass is 32.2. The summed E-state index contributed by atoms with van der Waals surface area (Å²) in [6, 6.07) is 13.9. The van der Waals surface area contributed by atoms with Crippen LogP contribution in [0.5, 0.6) is 0 Å². The zero-order valence-electron chi connectivity index (χ0n) is 13.6. The van der Waals surface area contributed by atoms with Crippen molar-refractivity contribution in [2.75, 3.05) is 18.9 Å². The summed E-state index contributed by atoms with van der Waals surface area (Å²) in [5.74, 6) is -0.447. The first-order chi connectivity index (χ1) is 11.9. The van der Waals surface area contributed by atoms with E-state index in [0.29, 0.717) is 0 Å². The van der Waals surface area contributed by atoms with E-state index in [4.69, 9.17) is 4.84 Å². The van der Waals surface area contributed by atoms with Gasteiger partial charge in [0.15, 0.2) is 0 Å². The van der Waals surface area contributed by atoms with Gasteiger partial charge < -0.3 is 0 Å². The Labute approximate surface area is 149 Å². The van der Waals surface area contributed by atoms with E-state index in [1.165, 1.54) is 20.2 Å². The maximum atomic E-state index is 12.6. The normalized spacial score (nSPS) is 11.4. The van der Waals surface area contributed by atoms with E-state index in [0.717, 1.165) is 27.2 Å². The minimum atomic E-state index is -3.77. The molecule has 25 heavy (non-hydrogen) atoms. The van der Waals surface area contributed by atoms with E-state index in [2.05, 4.69) is 4.72 Å². The lowest BCUT2D eigenvalue weighted by atomic mass is 10.0. The third-order valence-corrected chi connectivity index (χ3v) is 6.44. The molecule has 6 nitrogen and oxygen atoms in total. The van der Waals surface area contributed by atoms with Crippen LogP contribution in [0.25, 0.3) is 10.8 Å². The average molecular weight is 376 g/mol. The lowest BCUT2D eigenvalue weighted by molar-refractivity contribution is -0.0756. The summed E-state index contributed by atoms with van der Waals surface area (Å²) in [7, 11) is -0.933. The topological polar surface area (TPSA) is 75.7 Å². The number of hydrogen-bond donors (Lipinski definition) is 1. The molecule has 130 valence electrons. The number of nitrogens with one attached hydrogen (secondary N) is 1. The molecule has 3 rings (SSSR count). The summed E-state index contributed by atoms with van der Waals surface area (Å²) in [4.78, 5) is 17.5. The number of nitrogens with zero attached hydrogens (tertiary/aromatic N) is 1. The van der Waals surface area contributed by atoms with Crippen LogP contribution in [0.4, 0.5) is 5.69 Å². The van der Waals surface area contributed by atoms with E-state index >= 15 is 0 Å². The van der Waals surface area contributed by atoms with E-state index in [1.54, 1.807) is 23.6 Å². The fourth-order valence-electron chi connectivity index (χ4n) is 2.37. The Morgan fingerprint density at radius 1 is 1.12 bits per heavy atom. The maximum absolute atomic E-state index is 12.6. The Hall–Kier alpha value is -2.42. The van der Waals surface area contributed by atoms with Crippen LogP contribution in [0.15, 0.2) is 58.1 Å². The molecule has 8 heteroatoms. The average Bonchev–Trinajstić information content (AvgIpc) is 3.15. The SMILES string of the molecule is CON(C)C(=O)c1cc2ccccc2cc1NS(=O)(=O)c1cccs1. The molecule has 2 aromatic carbocycles. The molecule has 1 heterocycles. The Morgan fingerprint density at radius 2 is 1.80 bits per heavy atom. The van der Waals surface area contributed by atoms with Crippen LogP contribution in [0.1, 0.15) is 10.4 Å². The van der Waals surface area contributed by atoms with Gasteiger partial charge in [0.2, 0.25) is 0 Å². The van der Waals surface area contributed by atoms with Crippen molar-refractivity contribution in [1.82, 2.24) is 5.06 Å². The largest absolute Gasteiger partial charge is 0.279 e. The number of carbonyl (C=O) groups excluding carboxylic acids is 1. The van der Waals surface area contributed by atoms with Gasteiger partial charge in [-0.2, -0.15) is 0 Å². The molecule has 0 radical (unpaired) electrons. The molecule has 3 aromatic rings. The second-order valence-corrected chi connectivity index (χ2v) is 8.12. The van der Waals surface area contributed by atoms with Gasteiger partial charge in [-0.25, -0.2) is 13.5 Å². The first-order valence-corrected chi connectivity index (χ1v) is 9.70. The number of anilines is 1. The lowest BCUT2D eigenvalue weighted by Gasteiger charge is -2.18. The summed E-state index contributed by atoms with van der Waals surface area (Å²) in [5, 5.41) is 4.38. The summed E-state index contributed by atoms with van der Waals surface area (Å²) < 4.78 is 27.8. The standard InChI is InChI=1S/C17H16N2O4S2/c1-19(23-2)17(20)14-10-12-6-3-4-7-13(12)11-15(14)18-25(21,22)16-8-5-9-24-16/h3-11,18H,1-2H3. The second kappa shape index (κ2) is 6.83. The van der Waals surface area contributed by atoms with Gasteiger partial charge >= 0.3 is 0 Å². The minimum absolute atomic E-state index is 0.180. The van der Waals surface area contributed by atoms with Crippen molar-refractivity contribution in [1.29, 1.82) is 0 Å². The number of carbonyl (C=O) groups is 1. The summed E-state index contributed by atoms with van der Waals surface area (Å²) >= 11 is 1.11. The van der Waals surface area contributed by atoms with Crippen LogP contribution in [0.3, 0.4) is 0 Å². The highest BCUT2D eigenvalue weighted by molar-refractivity contribution is 7.94. The molecular weight excluding hydrogens is 360 g/mol. The summed E-state index contributed by atoms with van der Waals surface area (Å²) in [6.07, 6.45) is 0. The van der Waals surface area contributed by atoms with Crippen LogP contribution in [-0.2, 0) is 14.9 Å². The molecular formula is C17H16N2O4S2. The summed E-state index contributed by atoms with van der Waals surface area (Å²) in [6.45, 7) is 0. The zero-order chi connectivity index (χ0) is 18.0. The number of benzene rings is 2. The van der Waals surface area contributed by atoms with Crippen molar-refractivity contribution in [2.45, 2.75) is 4.21 Å². The highest BCUT2D eigenvalue weighted by Gasteiger charge is 2.22. The Balaban J connectivity index is 2.13. The quantitative estimate of drug-likeness (QED) is 0.693. The molecule has 0 spiro atoms. The van der Waals surface area contributed by atoms with E-state index in [9.17, 15) is 13.2 Å². The van der Waals surface area contributed by atoms with Crippen molar-refractivity contribution in [3.8, 4) is 0 Å². The summed E-state index contributed by atoms with van der Waals surface area (Å²) in [5.41, 5.74) is 0.421. The van der Waals surface area contributed by atoms with Gasteiger partial charge in [0.25, 0.3) is 15.9 Å². The number of rotatable bonds is 5. The third-order valence-electron chi connectivity index (χ3n) is 3.68. The van der Waals surface area contributed by atoms with Gasteiger partial charge in [-0.1, -0.05) is 30.3 Å². The van der Waals surface area contributed by atoms with Crippen LogP contribution >= 0.6 is 11.3 Å². The van der Waals surface area contributed by atoms with Crippen LogP contribution in [0, 0.1) is 0 Å². The smallest absolute Gasteiger partial charge is 0.278 e. The molecule has 0 aliphatic heterocycles. The monoisotopic (exact) mass is 376 g/mol. The predicted octanol–water partition coefficient (Wildman–Crippen LogP) is 3.34. The number of amides is 1. The second-order valence-electron chi connectivity index (χ2n) is 5.27. The van der Waals surface area contributed by atoms with Crippen molar-refractivity contribution in [3.63, 3.8) is 0 Å². The Morgan fingerprint density at radius 3 is 2.40 bits per heavy atom. The molecule has 0 fully saturated rings. The Kier molecular flexibility index (Phi) is 4.76. The maximum Gasteiger partial charge on any atom is 0.279 e. The first-order valence-electron chi connectivity index (χ1n) is 7.33. The molecule has 1 amide bonds. The lowest BCUT2D eigenvalue weighted by Crippen LogP contribution is -2.27. The number of hydrogen-bond acceptors (Lipinski definition) is 5. The molecule has 0 bridgehead atoms. The zero-order valence-corrected chi connectivity index (χ0v) is 15.2. The van der Waals surface area contributed by atoms with Gasteiger partial charge in [-0.3, -0.25) is 14.4 Å². The van der Waals surface area contributed by atoms with Crippen LogP contribution in [0.2, 0.25) is 0 Å². The van der Waals surface area contributed by atoms with Gasteiger partial charge in [-0.15, -0.1) is 11.3 Å². The van der Waals surface area contributed by atoms with E-state index in [-0.39, 0.29) is 15.5 Å². The van der Waals surface area contributed by atoms with Crippen LogP contribution in [-0.4, -0.2) is 33.5 Å². The van der Waals surface area contributed by atoms with E-state index in [1.807, 2.05) is 24.3 Å². The molecule has 0 unspecified atom stereocenters. The van der Waals surface area contributed by atoms with Crippen molar-refractivity contribution >= 4 is 43.7 Å². The fourth-order valence-corrected chi connectivity index (χ4v) is 4.43. The fraction of sp³-hybridized carbons (Fsp3) is 0.118. The number of sulfonamides is 1. The molecule has 1 N–H and O–H groups in total. The number of fused-ring (bicyclic) bond motifs is 1. The van der Waals surface area contributed by atoms with Gasteiger partial charge in [0.05, 0.1) is 18.4 Å². The van der Waals surface area contributed by atoms with Gasteiger partial charge in [-0.05, 0) is 34.4 Å². The Bertz CT molecular complexity index is 1010. The minimum Gasteiger partial charge on any atom is -0.278 e. The van der Waals surface area contributed by atoms with Crippen LogP contribution < -0.4 is 4.72 Å².